The predicted octanol–water partition coefficient (Wildman–Crippen LogP) is 6.32. The van der Waals surface area contributed by atoms with Crippen molar-refractivity contribution >= 4 is 23.0 Å². The fraction of sp³-hybridized carbons (Fsp3) is 0.462. The smallest absolute Gasteiger partial charge is 0.433 e. The van der Waals surface area contributed by atoms with Crippen LogP contribution in [0.1, 0.15) is 69.5 Å². The summed E-state index contributed by atoms with van der Waals surface area (Å²) in [6, 6.07) is 4.19. The molecule has 1 N–H and O–H groups in total. The summed E-state index contributed by atoms with van der Waals surface area (Å²) in [5.74, 6) is -1.01. The summed E-state index contributed by atoms with van der Waals surface area (Å²) >= 11 is 0. The number of hydrogen-bond donors (Lipinski definition) is 1. The second-order valence-corrected chi connectivity index (χ2v) is 9.73. The van der Waals surface area contributed by atoms with E-state index in [9.17, 15) is 22.8 Å². The number of rotatable bonds is 7. The molecule has 0 spiro atoms. The number of alkyl carbamates (subject to hydrolysis) is 1. The number of halogens is 3. The summed E-state index contributed by atoms with van der Waals surface area (Å²) in [5.41, 5.74) is -1.85. The van der Waals surface area contributed by atoms with Crippen molar-refractivity contribution < 1.29 is 41.4 Å². The van der Waals surface area contributed by atoms with E-state index in [1.807, 2.05) is 0 Å². The van der Waals surface area contributed by atoms with Crippen molar-refractivity contribution in [1.82, 2.24) is 15.3 Å². The first-order chi connectivity index (χ1) is 17.7. The van der Waals surface area contributed by atoms with Crippen molar-refractivity contribution in [3.63, 3.8) is 0 Å². The number of hydrogen-bond acceptors (Lipinski definition) is 8. The lowest BCUT2D eigenvalue weighted by molar-refractivity contribution is -0.140. The molecule has 38 heavy (non-hydrogen) atoms. The van der Waals surface area contributed by atoms with Crippen LogP contribution in [-0.2, 0) is 15.7 Å². The summed E-state index contributed by atoms with van der Waals surface area (Å²) in [6.07, 6.45) is -5.40. The van der Waals surface area contributed by atoms with Crippen LogP contribution in [0.15, 0.2) is 28.7 Å². The topological polar surface area (TPSA) is 113 Å². The highest BCUT2D eigenvalue weighted by Crippen LogP contribution is 2.38. The molecule has 1 atom stereocenters. The van der Waals surface area contributed by atoms with E-state index < -0.39 is 35.6 Å². The number of alkyl halides is 3. The second kappa shape index (κ2) is 10.9. The van der Waals surface area contributed by atoms with Gasteiger partial charge in [-0.15, -0.1) is 0 Å². The van der Waals surface area contributed by atoms with Crippen molar-refractivity contribution in [3.05, 3.63) is 41.4 Å². The Hall–Kier alpha value is -3.83. The Labute approximate surface area is 217 Å². The Balaban J connectivity index is 2.19. The first kappa shape index (κ1) is 28.7. The Kier molecular flexibility index (Phi) is 8.23. The average Bonchev–Trinajstić information content (AvgIpc) is 3.24. The van der Waals surface area contributed by atoms with E-state index in [-0.39, 0.29) is 52.1 Å². The first-order valence-electron chi connectivity index (χ1n) is 11.9. The summed E-state index contributed by atoms with van der Waals surface area (Å²) in [6.45, 7) is 10.4. The first-order valence-corrected chi connectivity index (χ1v) is 11.9. The minimum absolute atomic E-state index is 0.0168. The van der Waals surface area contributed by atoms with Gasteiger partial charge in [-0.2, -0.15) is 13.2 Å². The number of ether oxygens (including phenoxy) is 3. The molecule has 12 heteroatoms. The molecule has 0 bridgehead atoms. The highest BCUT2D eigenvalue weighted by molar-refractivity contribution is 5.97. The lowest BCUT2D eigenvalue weighted by Crippen LogP contribution is -2.37. The van der Waals surface area contributed by atoms with E-state index in [0.29, 0.717) is 0 Å². The number of aromatic nitrogens is 2. The zero-order valence-electron chi connectivity index (χ0n) is 22.1. The van der Waals surface area contributed by atoms with Gasteiger partial charge in [0.2, 0.25) is 5.89 Å². The number of pyridine rings is 1. The van der Waals surface area contributed by atoms with Crippen LogP contribution in [0.5, 0.6) is 5.75 Å². The maximum atomic E-state index is 13.3. The van der Waals surface area contributed by atoms with Gasteiger partial charge in [0.15, 0.2) is 11.5 Å². The summed E-state index contributed by atoms with van der Waals surface area (Å²) in [5, 5.41) is 2.96. The van der Waals surface area contributed by atoms with Crippen molar-refractivity contribution in [2.75, 3.05) is 13.7 Å². The van der Waals surface area contributed by atoms with Crippen molar-refractivity contribution in [2.45, 2.75) is 59.4 Å². The number of esters is 1. The number of carbonyl (C=O) groups excluding carboxylic acids is 2. The molecule has 206 valence electrons. The third-order valence-corrected chi connectivity index (χ3v) is 5.30. The van der Waals surface area contributed by atoms with Gasteiger partial charge in [-0.25, -0.2) is 19.6 Å². The molecule has 1 amide bonds. The number of amides is 1. The second-order valence-electron chi connectivity index (χ2n) is 9.73. The quantitative estimate of drug-likeness (QED) is 0.349. The Morgan fingerprint density at radius 2 is 1.76 bits per heavy atom. The van der Waals surface area contributed by atoms with Gasteiger partial charge in [-0.05, 0) is 57.9 Å². The van der Waals surface area contributed by atoms with Crippen LogP contribution in [0, 0.1) is 5.92 Å². The van der Waals surface area contributed by atoms with Gasteiger partial charge in [0.25, 0.3) is 0 Å². The maximum Gasteiger partial charge on any atom is 0.433 e. The molecule has 3 rings (SSSR count). The summed E-state index contributed by atoms with van der Waals surface area (Å²) in [4.78, 5) is 33.5. The SMILES string of the molecule is CCOC(=O)c1nc(-c2ccc(OC)c3nc(C(F)(F)F)ccc23)oc1[C@@H](NC(=O)OC(C)(C)C)C(C)C. The molecule has 2 heterocycles. The lowest BCUT2D eigenvalue weighted by atomic mass is 10.0. The number of fused-ring (bicyclic) bond motifs is 1. The van der Waals surface area contributed by atoms with Gasteiger partial charge < -0.3 is 23.9 Å². The van der Waals surface area contributed by atoms with Crippen molar-refractivity contribution in [3.8, 4) is 17.2 Å². The largest absolute Gasteiger partial charge is 0.494 e. The van der Waals surface area contributed by atoms with Crippen LogP contribution >= 0.6 is 0 Å². The standard InChI is InChI=1S/C26H30F3N3O6/c1-8-36-23(33)20-21(18(13(2)3)32-24(34)38-25(4,5)6)37-22(31-20)15-9-11-16(35-7)19-14(15)10-12-17(30-19)26(27,28)29/h9-13,18H,8H2,1-7H3,(H,32,34)/t18-/m0/s1. The third kappa shape index (κ3) is 6.35. The van der Waals surface area contributed by atoms with Gasteiger partial charge >= 0.3 is 18.2 Å². The predicted molar refractivity (Wildman–Crippen MR) is 132 cm³/mol. The maximum absolute atomic E-state index is 13.3. The monoisotopic (exact) mass is 537 g/mol. The summed E-state index contributed by atoms with van der Waals surface area (Å²) < 4.78 is 61.8. The Morgan fingerprint density at radius 3 is 2.32 bits per heavy atom. The number of nitrogens with zero attached hydrogens (tertiary/aromatic N) is 2. The van der Waals surface area contributed by atoms with E-state index >= 15 is 0 Å². The van der Waals surface area contributed by atoms with Crippen LogP contribution in [-0.4, -0.2) is 41.3 Å². The highest BCUT2D eigenvalue weighted by atomic mass is 19.4. The van der Waals surface area contributed by atoms with Gasteiger partial charge in [0.05, 0.1) is 19.8 Å². The number of oxazole rings is 1. The fourth-order valence-electron chi connectivity index (χ4n) is 3.67. The van der Waals surface area contributed by atoms with E-state index in [0.717, 1.165) is 6.07 Å². The van der Waals surface area contributed by atoms with Crippen LogP contribution in [0.2, 0.25) is 0 Å². The van der Waals surface area contributed by atoms with Crippen LogP contribution in [0.4, 0.5) is 18.0 Å². The zero-order chi connectivity index (χ0) is 28.4. The molecule has 9 nitrogen and oxygen atoms in total. The highest BCUT2D eigenvalue weighted by Gasteiger charge is 2.35. The minimum atomic E-state index is -4.67. The Bertz CT molecular complexity index is 1330. The summed E-state index contributed by atoms with van der Waals surface area (Å²) in [7, 11) is 1.31. The van der Waals surface area contributed by atoms with Crippen LogP contribution < -0.4 is 10.1 Å². The van der Waals surface area contributed by atoms with Crippen LogP contribution in [0.3, 0.4) is 0 Å². The lowest BCUT2D eigenvalue weighted by Gasteiger charge is -2.24. The molecular weight excluding hydrogens is 507 g/mol. The van der Waals surface area contributed by atoms with E-state index in [4.69, 9.17) is 18.6 Å². The molecule has 0 aliphatic carbocycles. The molecule has 0 aliphatic heterocycles. The van der Waals surface area contributed by atoms with E-state index in [2.05, 4.69) is 15.3 Å². The minimum Gasteiger partial charge on any atom is -0.494 e. The van der Waals surface area contributed by atoms with E-state index in [1.165, 1.54) is 25.3 Å². The molecule has 0 saturated carbocycles. The average molecular weight is 538 g/mol. The molecule has 2 aromatic heterocycles. The van der Waals surface area contributed by atoms with Gasteiger partial charge in [-0.1, -0.05) is 13.8 Å². The molecule has 0 unspecified atom stereocenters. The molecule has 0 aliphatic rings. The fourth-order valence-corrected chi connectivity index (χ4v) is 3.67. The third-order valence-electron chi connectivity index (χ3n) is 5.30. The molecule has 1 aromatic carbocycles. The molecule has 0 radical (unpaired) electrons. The normalized spacial score (nSPS) is 12.9. The van der Waals surface area contributed by atoms with E-state index in [1.54, 1.807) is 41.5 Å². The number of carbonyl (C=O) groups is 2. The number of benzene rings is 1. The van der Waals surface area contributed by atoms with Crippen LogP contribution in [0.25, 0.3) is 22.4 Å². The molecular formula is C26H30F3N3O6. The van der Waals surface area contributed by atoms with Gasteiger partial charge in [0, 0.05) is 10.9 Å². The molecule has 0 fully saturated rings. The Morgan fingerprint density at radius 1 is 1.08 bits per heavy atom. The molecule has 3 aromatic rings. The number of methoxy groups -OCH3 is 1. The molecule has 0 saturated heterocycles. The van der Waals surface area contributed by atoms with Gasteiger partial charge in [0.1, 0.15) is 22.6 Å². The van der Waals surface area contributed by atoms with Crippen molar-refractivity contribution in [2.24, 2.45) is 5.92 Å². The number of nitrogens with one attached hydrogen (secondary N) is 1. The van der Waals surface area contributed by atoms with Gasteiger partial charge in [-0.3, -0.25) is 0 Å². The van der Waals surface area contributed by atoms with Crippen molar-refractivity contribution in [1.29, 1.82) is 0 Å². The zero-order valence-corrected chi connectivity index (χ0v) is 22.1.